The average Bonchev–Trinajstić information content (AvgIpc) is 3.12. The van der Waals surface area contributed by atoms with E-state index in [1.54, 1.807) is 16.7 Å². The monoisotopic (exact) mass is 489 g/mol. The van der Waals surface area contributed by atoms with Gasteiger partial charge in [-0.2, -0.15) is 0 Å². The number of H-pyrrole nitrogens is 1. The van der Waals surface area contributed by atoms with E-state index in [-0.39, 0.29) is 18.1 Å². The van der Waals surface area contributed by atoms with Gasteiger partial charge in [-0.15, -0.1) is 0 Å². The molecule has 3 aromatic carbocycles. The quantitative estimate of drug-likeness (QED) is 0.461. The summed E-state index contributed by atoms with van der Waals surface area (Å²) in [5.74, 6) is -0.349. The molecule has 0 saturated carbocycles. The number of imidazole rings is 1. The molecule has 0 atom stereocenters. The fourth-order valence-corrected chi connectivity index (χ4v) is 4.95. The van der Waals surface area contributed by atoms with Crippen LogP contribution in [0.5, 0.6) is 5.75 Å². The minimum atomic E-state index is -0.400. The van der Waals surface area contributed by atoms with Crippen LogP contribution in [0, 0.1) is 11.6 Å². The number of aromatic nitrogens is 2. The van der Waals surface area contributed by atoms with E-state index in [2.05, 4.69) is 9.88 Å². The second-order valence-electron chi connectivity index (χ2n) is 9.10. The number of hydrogen-bond donors (Lipinski definition) is 1. The number of ether oxygens (including phenoxy) is 2. The van der Waals surface area contributed by atoms with E-state index in [9.17, 15) is 13.6 Å². The van der Waals surface area contributed by atoms with Gasteiger partial charge in [0.15, 0.2) is 0 Å². The molecule has 1 aromatic heterocycles. The van der Waals surface area contributed by atoms with Gasteiger partial charge >= 0.3 is 5.69 Å². The van der Waals surface area contributed by atoms with Crippen LogP contribution in [0.1, 0.15) is 22.3 Å². The summed E-state index contributed by atoms with van der Waals surface area (Å²) in [5, 5.41) is 0. The van der Waals surface area contributed by atoms with Gasteiger partial charge < -0.3 is 14.5 Å². The fourth-order valence-electron chi connectivity index (χ4n) is 4.95. The fraction of sp³-hybridized carbons (Fsp3) is 0.250. The molecule has 36 heavy (non-hydrogen) atoms. The van der Waals surface area contributed by atoms with Gasteiger partial charge in [0.25, 0.3) is 0 Å². The van der Waals surface area contributed by atoms with Crippen LogP contribution in [-0.2, 0) is 17.9 Å². The summed E-state index contributed by atoms with van der Waals surface area (Å²) in [6.45, 7) is 4.60. The smallest absolute Gasteiger partial charge is 0.326 e. The summed E-state index contributed by atoms with van der Waals surface area (Å²) in [7, 11) is 0. The SMILES string of the molecule is O=c1[nH]c2ccc(/C=C3/c4ccc(F)cc4COc4cc(F)ccc43)cc2n1CCN1CCOCC1. The van der Waals surface area contributed by atoms with E-state index >= 15 is 0 Å². The number of morpholine rings is 1. The van der Waals surface area contributed by atoms with Crippen molar-refractivity contribution >= 4 is 22.7 Å². The van der Waals surface area contributed by atoms with Crippen LogP contribution in [0.3, 0.4) is 0 Å². The zero-order chi connectivity index (χ0) is 24.6. The molecule has 4 aromatic rings. The molecule has 1 N–H and O–H groups in total. The molecule has 1 fully saturated rings. The number of nitrogens with zero attached hydrogens (tertiary/aromatic N) is 2. The largest absolute Gasteiger partial charge is 0.488 e. The summed E-state index contributed by atoms with van der Waals surface area (Å²) in [4.78, 5) is 17.9. The van der Waals surface area contributed by atoms with Gasteiger partial charge in [0.05, 0.1) is 24.2 Å². The molecule has 184 valence electrons. The molecule has 0 radical (unpaired) electrons. The molecule has 0 spiro atoms. The topological polar surface area (TPSA) is 59.5 Å². The number of hydrogen-bond acceptors (Lipinski definition) is 4. The average molecular weight is 490 g/mol. The van der Waals surface area contributed by atoms with Gasteiger partial charge in [0, 0.05) is 43.4 Å². The van der Waals surface area contributed by atoms with Crippen LogP contribution in [0.25, 0.3) is 22.7 Å². The van der Waals surface area contributed by atoms with Gasteiger partial charge in [-0.1, -0.05) is 12.1 Å². The molecule has 0 aliphatic carbocycles. The normalized spacial score (nSPS) is 17.0. The Bertz CT molecular complexity index is 1480. The highest BCUT2D eigenvalue weighted by Crippen LogP contribution is 2.38. The zero-order valence-corrected chi connectivity index (χ0v) is 19.6. The Morgan fingerprint density at radius 1 is 0.917 bits per heavy atom. The van der Waals surface area contributed by atoms with Crippen molar-refractivity contribution in [1.82, 2.24) is 14.5 Å². The Morgan fingerprint density at radius 3 is 2.53 bits per heavy atom. The first-order valence-electron chi connectivity index (χ1n) is 12.0. The number of nitrogens with one attached hydrogen (secondary N) is 1. The number of aromatic amines is 1. The van der Waals surface area contributed by atoms with E-state index in [4.69, 9.17) is 9.47 Å². The second-order valence-corrected chi connectivity index (χ2v) is 9.10. The lowest BCUT2D eigenvalue weighted by Crippen LogP contribution is -2.39. The maximum atomic E-state index is 14.0. The minimum Gasteiger partial charge on any atom is -0.488 e. The van der Waals surface area contributed by atoms with Crippen molar-refractivity contribution in [2.24, 2.45) is 0 Å². The number of rotatable bonds is 4. The third kappa shape index (κ3) is 4.34. The van der Waals surface area contributed by atoms with E-state index < -0.39 is 5.82 Å². The highest BCUT2D eigenvalue weighted by Gasteiger charge is 2.21. The molecule has 1 saturated heterocycles. The van der Waals surface area contributed by atoms with Gasteiger partial charge in [-0.25, -0.2) is 13.6 Å². The third-order valence-electron chi connectivity index (χ3n) is 6.83. The standard InChI is InChI=1S/C28H25F2N3O3/c29-20-2-4-22-19(15-20)17-36-27-16-21(30)3-5-23(27)24(22)13-18-1-6-25-26(14-18)33(28(34)31-25)8-7-32-9-11-35-12-10-32/h1-6,13-16H,7-12,17H2,(H,31,34)/b24-13-. The lowest BCUT2D eigenvalue weighted by atomic mass is 9.92. The summed E-state index contributed by atoms with van der Waals surface area (Å²) < 4.78 is 41.0. The van der Waals surface area contributed by atoms with Crippen LogP contribution in [-0.4, -0.2) is 47.3 Å². The Kier molecular flexibility index (Phi) is 5.91. The first-order valence-corrected chi connectivity index (χ1v) is 12.0. The second kappa shape index (κ2) is 9.37. The lowest BCUT2D eigenvalue weighted by Gasteiger charge is -2.26. The molecule has 8 heteroatoms. The number of halogens is 2. The maximum Gasteiger partial charge on any atom is 0.326 e. The van der Waals surface area contributed by atoms with Crippen LogP contribution >= 0.6 is 0 Å². The van der Waals surface area contributed by atoms with Gasteiger partial charge in [-0.05, 0) is 59.2 Å². The van der Waals surface area contributed by atoms with Gasteiger partial charge in [0.2, 0.25) is 0 Å². The van der Waals surface area contributed by atoms with Gasteiger partial charge in [-0.3, -0.25) is 9.47 Å². The van der Waals surface area contributed by atoms with Crippen molar-refractivity contribution in [2.45, 2.75) is 13.2 Å². The van der Waals surface area contributed by atoms with Crippen LogP contribution in [0.2, 0.25) is 0 Å². The molecule has 0 unspecified atom stereocenters. The number of fused-ring (bicyclic) bond motifs is 3. The van der Waals surface area contributed by atoms with Crippen LogP contribution < -0.4 is 10.4 Å². The van der Waals surface area contributed by atoms with Crippen molar-refractivity contribution in [1.29, 1.82) is 0 Å². The first kappa shape index (κ1) is 22.7. The lowest BCUT2D eigenvalue weighted by molar-refractivity contribution is 0.0364. The predicted molar refractivity (Wildman–Crippen MR) is 134 cm³/mol. The zero-order valence-electron chi connectivity index (χ0n) is 19.6. The summed E-state index contributed by atoms with van der Waals surface area (Å²) in [6.07, 6.45) is 1.98. The summed E-state index contributed by atoms with van der Waals surface area (Å²) >= 11 is 0. The van der Waals surface area contributed by atoms with E-state index in [0.29, 0.717) is 31.1 Å². The molecule has 2 aliphatic rings. The molecule has 6 nitrogen and oxygen atoms in total. The molecular weight excluding hydrogens is 464 g/mol. The van der Waals surface area contributed by atoms with Crippen molar-refractivity contribution in [3.05, 3.63) is 99.0 Å². The first-order chi connectivity index (χ1) is 17.5. The molecule has 0 amide bonds. The highest BCUT2D eigenvalue weighted by molar-refractivity contribution is 5.95. The van der Waals surface area contributed by atoms with Gasteiger partial charge in [0.1, 0.15) is 24.0 Å². The summed E-state index contributed by atoms with van der Waals surface area (Å²) in [6, 6.07) is 14.8. The van der Waals surface area contributed by atoms with Crippen molar-refractivity contribution < 1.29 is 18.3 Å². The predicted octanol–water partition coefficient (Wildman–Crippen LogP) is 4.42. The Hall–Kier alpha value is -3.75. The van der Waals surface area contributed by atoms with Crippen LogP contribution in [0.15, 0.2) is 59.4 Å². The molecule has 0 bridgehead atoms. The Balaban J connectivity index is 1.43. The third-order valence-corrected chi connectivity index (χ3v) is 6.83. The summed E-state index contributed by atoms with van der Waals surface area (Å²) in [5.41, 5.74) is 5.32. The van der Waals surface area contributed by atoms with Crippen molar-refractivity contribution in [2.75, 3.05) is 32.8 Å². The van der Waals surface area contributed by atoms with Crippen molar-refractivity contribution in [3.63, 3.8) is 0 Å². The van der Waals surface area contributed by atoms with E-state index in [1.165, 1.54) is 24.3 Å². The molecule has 3 heterocycles. The molecule has 2 aliphatic heterocycles. The highest BCUT2D eigenvalue weighted by atomic mass is 19.1. The maximum absolute atomic E-state index is 14.0. The van der Waals surface area contributed by atoms with Crippen molar-refractivity contribution in [3.8, 4) is 5.75 Å². The Labute approximate surface area is 206 Å². The van der Waals surface area contributed by atoms with Crippen LogP contribution in [0.4, 0.5) is 8.78 Å². The minimum absolute atomic E-state index is 0.138. The molecular formula is C28H25F2N3O3. The molecule has 6 rings (SSSR count). The van der Waals surface area contributed by atoms with E-state index in [1.807, 2.05) is 24.3 Å². The Morgan fingerprint density at radius 2 is 1.69 bits per heavy atom. The number of benzene rings is 3. The van der Waals surface area contributed by atoms with E-state index in [0.717, 1.165) is 52.9 Å².